The number of likely N-dealkylation sites (N-methyl/N-ethyl adjacent to an activating group) is 1. The van der Waals surface area contributed by atoms with Gasteiger partial charge in [-0.3, -0.25) is 4.79 Å². The van der Waals surface area contributed by atoms with Crippen molar-refractivity contribution in [3.8, 4) is 0 Å². The summed E-state index contributed by atoms with van der Waals surface area (Å²) in [7, 11) is 0. The molecule has 0 spiro atoms. The lowest BCUT2D eigenvalue weighted by atomic mass is 10.2. The molecule has 4 rings (SSSR count). The van der Waals surface area contributed by atoms with Crippen LogP contribution in [0, 0.1) is 5.82 Å². The fourth-order valence-electron chi connectivity index (χ4n) is 3.57. The van der Waals surface area contributed by atoms with Crippen molar-refractivity contribution in [2.45, 2.75) is 13.5 Å². The van der Waals surface area contributed by atoms with E-state index in [1.807, 2.05) is 33.0 Å². The summed E-state index contributed by atoms with van der Waals surface area (Å²) < 4.78 is 16.7. The maximum atomic E-state index is 13.6. The van der Waals surface area contributed by atoms with Crippen molar-refractivity contribution >= 4 is 27.5 Å². The van der Waals surface area contributed by atoms with Crippen LogP contribution in [0.5, 0.6) is 0 Å². The Morgan fingerprint density at radius 1 is 1.15 bits per heavy atom. The number of carbonyl (C=O) groups excluding carboxylic acids is 1. The van der Waals surface area contributed by atoms with E-state index >= 15 is 0 Å². The first-order chi connectivity index (χ1) is 12.7. The Labute approximate surface area is 156 Å². The van der Waals surface area contributed by atoms with E-state index in [-0.39, 0.29) is 11.7 Å². The molecule has 1 amide bonds. The van der Waals surface area contributed by atoms with Crippen LogP contribution in [0.4, 0.5) is 4.39 Å². The van der Waals surface area contributed by atoms with Gasteiger partial charge in [0.15, 0.2) is 0 Å². The smallest absolute Gasteiger partial charge is 0.270 e. The van der Waals surface area contributed by atoms with E-state index in [0.717, 1.165) is 48.5 Å². The summed E-state index contributed by atoms with van der Waals surface area (Å²) in [5.74, 6) is -0.180. The van der Waals surface area contributed by atoms with Gasteiger partial charge in [0.05, 0.1) is 10.2 Å². The van der Waals surface area contributed by atoms with E-state index in [9.17, 15) is 9.18 Å². The lowest BCUT2D eigenvalue weighted by Gasteiger charge is -2.34. The number of benzene rings is 1. The number of fused-ring (bicyclic) bond motifs is 1. The highest BCUT2D eigenvalue weighted by atomic mass is 32.1. The van der Waals surface area contributed by atoms with Crippen molar-refractivity contribution in [3.63, 3.8) is 0 Å². The van der Waals surface area contributed by atoms with Gasteiger partial charge in [-0.25, -0.2) is 4.39 Å². The molecule has 0 N–H and O–H groups in total. The summed E-state index contributed by atoms with van der Waals surface area (Å²) in [5.41, 5.74) is 2.59. The van der Waals surface area contributed by atoms with Crippen LogP contribution in [-0.4, -0.2) is 53.0 Å². The minimum atomic E-state index is -0.250. The third-order valence-electron chi connectivity index (χ3n) is 5.08. The number of piperazine rings is 1. The normalized spacial score (nSPS) is 15.7. The van der Waals surface area contributed by atoms with Crippen LogP contribution in [0.25, 0.3) is 10.2 Å². The summed E-state index contributed by atoms with van der Waals surface area (Å²) in [6.45, 7) is 7.01. The first-order valence-corrected chi connectivity index (χ1v) is 9.86. The largest absolute Gasteiger partial charge is 0.335 e. The number of hydrogen-bond donors (Lipinski definition) is 0. The molecule has 0 bridgehead atoms. The quantitative estimate of drug-likeness (QED) is 0.700. The predicted octanol–water partition coefficient (Wildman–Crippen LogP) is 3.67. The van der Waals surface area contributed by atoms with Crippen molar-refractivity contribution in [3.05, 3.63) is 58.9 Å². The molecule has 3 heterocycles. The van der Waals surface area contributed by atoms with Gasteiger partial charge in [0.1, 0.15) is 11.5 Å². The van der Waals surface area contributed by atoms with E-state index in [1.165, 1.54) is 12.1 Å². The van der Waals surface area contributed by atoms with Crippen LogP contribution in [0.1, 0.15) is 23.0 Å². The Kier molecular flexibility index (Phi) is 4.78. The zero-order valence-electron chi connectivity index (χ0n) is 14.8. The van der Waals surface area contributed by atoms with Gasteiger partial charge < -0.3 is 14.4 Å². The molecule has 1 fully saturated rings. The van der Waals surface area contributed by atoms with Crippen LogP contribution in [-0.2, 0) is 6.54 Å². The van der Waals surface area contributed by atoms with Gasteiger partial charge in [0.25, 0.3) is 5.91 Å². The first-order valence-electron chi connectivity index (χ1n) is 8.98. The fraction of sp³-hybridized carbons (Fsp3) is 0.350. The standard InChI is InChI=1S/C20H22FN3OS/c1-2-22-7-9-23(10-8-22)20(25)18-13-19-17(6-11-26-19)24(18)14-15-4-3-5-16(21)12-15/h3-6,11-13H,2,7-10,14H2,1H3. The zero-order valence-corrected chi connectivity index (χ0v) is 15.6. The number of carbonyl (C=O) groups is 1. The molecule has 3 aromatic rings. The summed E-state index contributed by atoms with van der Waals surface area (Å²) in [4.78, 5) is 17.5. The third kappa shape index (κ3) is 3.27. The number of nitrogens with zero attached hydrogens (tertiary/aromatic N) is 3. The van der Waals surface area contributed by atoms with Crippen LogP contribution >= 0.6 is 11.3 Å². The Morgan fingerprint density at radius 3 is 2.69 bits per heavy atom. The molecule has 1 aromatic carbocycles. The molecule has 0 saturated carbocycles. The van der Waals surface area contributed by atoms with E-state index in [1.54, 1.807) is 17.4 Å². The summed E-state index contributed by atoms with van der Waals surface area (Å²) in [6.07, 6.45) is 0. The highest BCUT2D eigenvalue weighted by Crippen LogP contribution is 2.27. The van der Waals surface area contributed by atoms with Crippen LogP contribution in [0.2, 0.25) is 0 Å². The third-order valence-corrected chi connectivity index (χ3v) is 5.93. The lowest BCUT2D eigenvalue weighted by Crippen LogP contribution is -2.48. The van der Waals surface area contributed by atoms with Crippen LogP contribution in [0.15, 0.2) is 41.8 Å². The lowest BCUT2D eigenvalue weighted by molar-refractivity contribution is 0.0634. The second-order valence-electron chi connectivity index (χ2n) is 6.64. The molecule has 1 aliphatic heterocycles. The maximum Gasteiger partial charge on any atom is 0.270 e. The molecular weight excluding hydrogens is 349 g/mol. The summed E-state index contributed by atoms with van der Waals surface area (Å²) >= 11 is 1.63. The molecule has 0 atom stereocenters. The number of aromatic nitrogens is 1. The van der Waals surface area contributed by atoms with E-state index in [0.29, 0.717) is 12.2 Å². The van der Waals surface area contributed by atoms with Gasteiger partial charge >= 0.3 is 0 Å². The first kappa shape index (κ1) is 17.2. The number of halogens is 1. The fourth-order valence-corrected chi connectivity index (χ4v) is 4.39. The van der Waals surface area contributed by atoms with Crippen LogP contribution in [0.3, 0.4) is 0 Å². The molecular formula is C20H22FN3OS. The van der Waals surface area contributed by atoms with Crippen molar-refractivity contribution in [2.75, 3.05) is 32.7 Å². The Bertz CT molecular complexity index is 924. The molecule has 26 heavy (non-hydrogen) atoms. The summed E-state index contributed by atoms with van der Waals surface area (Å²) in [6, 6.07) is 10.6. The minimum absolute atomic E-state index is 0.0700. The van der Waals surface area contributed by atoms with Gasteiger partial charge in [-0.1, -0.05) is 19.1 Å². The molecule has 0 radical (unpaired) electrons. The van der Waals surface area contributed by atoms with Gasteiger partial charge in [-0.05, 0) is 41.8 Å². The van der Waals surface area contributed by atoms with Gasteiger partial charge in [0, 0.05) is 32.7 Å². The average Bonchev–Trinajstić information content (AvgIpc) is 3.24. The maximum absolute atomic E-state index is 13.6. The molecule has 136 valence electrons. The number of hydrogen-bond acceptors (Lipinski definition) is 3. The molecule has 0 aliphatic carbocycles. The van der Waals surface area contributed by atoms with Crippen LogP contribution < -0.4 is 0 Å². The molecule has 1 saturated heterocycles. The Balaban J connectivity index is 1.64. The van der Waals surface area contributed by atoms with E-state index in [2.05, 4.69) is 11.8 Å². The average molecular weight is 371 g/mol. The van der Waals surface area contributed by atoms with Crippen molar-refractivity contribution in [1.82, 2.24) is 14.4 Å². The second-order valence-corrected chi connectivity index (χ2v) is 7.59. The Morgan fingerprint density at radius 2 is 1.96 bits per heavy atom. The minimum Gasteiger partial charge on any atom is -0.335 e. The zero-order chi connectivity index (χ0) is 18.1. The van der Waals surface area contributed by atoms with Crippen molar-refractivity contribution in [1.29, 1.82) is 0 Å². The van der Waals surface area contributed by atoms with E-state index < -0.39 is 0 Å². The highest BCUT2D eigenvalue weighted by Gasteiger charge is 2.25. The molecule has 4 nitrogen and oxygen atoms in total. The molecule has 1 aliphatic rings. The van der Waals surface area contributed by atoms with Crippen molar-refractivity contribution in [2.24, 2.45) is 0 Å². The monoisotopic (exact) mass is 371 g/mol. The second kappa shape index (κ2) is 7.21. The SMILES string of the molecule is CCN1CCN(C(=O)c2cc3sccc3n2Cc2cccc(F)c2)CC1. The number of thiophene rings is 1. The molecule has 0 unspecified atom stereocenters. The predicted molar refractivity (Wildman–Crippen MR) is 103 cm³/mol. The highest BCUT2D eigenvalue weighted by molar-refractivity contribution is 7.17. The molecule has 6 heteroatoms. The van der Waals surface area contributed by atoms with E-state index in [4.69, 9.17) is 0 Å². The van der Waals surface area contributed by atoms with Crippen molar-refractivity contribution < 1.29 is 9.18 Å². The van der Waals surface area contributed by atoms with Gasteiger partial charge in [-0.2, -0.15) is 0 Å². The summed E-state index contributed by atoms with van der Waals surface area (Å²) in [5, 5.41) is 2.03. The Hall–Kier alpha value is -2.18. The van der Waals surface area contributed by atoms with Gasteiger partial charge in [0.2, 0.25) is 0 Å². The van der Waals surface area contributed by atoms with Gasteiger partial charge in [-0.15, -0.1) is 11.3 Å². The number of amides is 1. The topological polar surface area (TPSA) is 28.5 Å². The molecule has 2 aromatic heterocycles. The number of rotatable bonds is 4.